The van der Waals surface area contributed by atoms with Crippen molar-refractivity contribution in [2.45, 2.75) is 19.4 Å². The highest BCUT2D eigenvalue weighted by atomic mass is 35.5. The molecular formula is C26H22ClN3O6. The molecule has 1 heterocycles. The van der Waals surface area contributed by atoms with Crippen LogP contribution in [-0.2, 0) is 9.53 Å². The molecule has 3 aromatic carbocycles. The number of nitrogens with one attached hydrogen (secondary N) is 2. The summed E-state index contributed by atoms with van der Waals surface area (Å²) in [6, 6.07) is 16.4. The van der Waals surface area contributed by atoms with E-state index in [1.807, 2.05) is 24.3 Å². The highest BCUT2D eigenvalue weighted by molar-refractivity contribution is 6.33. The van der Waals surface area contributed by atoms with Crippen LogP contribution in [0.1, 0.15) is 34.1 Å². The molecule has 0 bridgehead atoms. The minimum Gasteiger partial charge on any atom is -0.497 e. The molecule has 0 fully saturated rings. The number of rotatable bonds is 8. The van der Waals surface area contributed by atoms with Crippen molar-refractivity contribution in [3.63, 3.8) is 0 Å². The molecular weight excluding hydrogens is 486 g/mol. The fraction of sp³-hybridized carbons (Fsp3) is 0.154. The van der Waals surface area contributed by atoms with E-state index in [2.05, 4.69) is 15.3 Å². The van der Waals surface area contributed by atoms with E-state index in [1.165, 1.54) is 18.2 Å². The number of carboxylic acids is 1. The van der Waals surface area contributed by atoms with Gasteiger partial charge in [-0.15, -0.1) is 0 Å². The maximum atomic E-state index is 12.8. The largest absolute Gasteiger partial charge is 0.497 e. The van der Waals surface area contributed by atoms with Gasteiger partial charge in [0.25, 0.3) is 5.91 Å². The Morgan fingerprint density at radius 3 is 2.50 bits per heavy atom. The van der Waals surface area contributed by atoms with E-state index in [9.17, 15) is 19.5 Å². The van der Waals surface area contributed by atoms with Crippen molar-refractivity contribution < 1.29 is 29.0 Å². The molecule has 3 N–H and O–H groups in total. The number of H-pyrrole nitrogens is 1. The monoisotopic (exact) mass is 507 g/mol. The number of carbonyl (C=O) groups excluding carboxylic acids is 2. The third-order valence-corrected chi connectivity index (χ3v) is 5.79. The van der Waals surface area contributed by atoms with E-state index in [-0.39, 0.29) is 28.3 Å². The van der Waals surface area contributed by atoms with Gasteiger partial charge in [0.1, 0.15) is 11.6 Å². The number of carboxylic acid groups (broad SMARTS) is 1. The van der Waals surface area contributed by atoms with Crippen LogP contribution in [0.4, 0.5) is 5.69 Å². The predicted octanol–water partition coefficient (Wildman–Crippen LogP) is 5.16. The molecule has 9 nitrogen and oxygen atoms in total. The summed E-state index contributed by atoms with van der Waals surface area (Å²) in [7, 11) is 1.59. The smallest absolute Gasteiger partial charge is 0.338 e. The van der Waals surface area contributed by atoms with Gasteiger partial charge in [-0.05, 0) is 67.1 Å². The van der Waals surface area contributed by atoms with E-state index in [1.54, 1.807) is 32.2 Å². The standard InChI is InChI=1S/C26H22ClN3O6/c1-3-22(24(31)28-16-7-10-19(27)18(13-16)25(32)33)36-26(34)15-6-11-20-21(12-15)30-23(29-20)14-4-8-17(35-2)9-5-14/h4-13,22H,3H2,1-2H3,(H,28,31)(H,29,30)(H,32,33). The van der Waals surface area contributed by atoms with Gasteiger partial charge in [-0.1, -0.05) is 18.5 Å². The van der Waals surface area contributed by atoms with Gasteiger partial charge in [-0.3, -0.25) is 4.79 Å². The van der Waals surface area contributed by atoms with Gasteiger partial charge >= 0.3 is 11.9 Å². The van der Waals surface area contributed by atoms with Crippen LogP contribution in [0.5, 0.6) is 5.75 Å². The molecule has 1 amide bonds. The lowest BCUT2D eigenvalue weighted by molar-refractivity contribution is -0.124. The minimum atomic E-state index is -1.22. The Hall–Kier alpha value is -4.37. The second kappa shape index (κ2) is 10.5. The quantitative estimate of drug-likeness (QED) is 0.280. The van der Waals surface area contributed by atoms with E-state index < -0.39 is 23.9 Å². The molecule has 4 aromatic rings. The number of nitrogens with zero attached hydrogens (tertiary/aromatic N) is 1. The molecule has 1 unspecified atom stereocenters. The van der Waals surface area contributed by atoms with Crippen molar-refractivity contribution in [3.8, 4) is 17.1 Å². The number of aromatic amines is 1. The molecule has 36 heavy (non-hydrogen) atoms. The molecule has 4 rings (SSSR count). The summed E-state index contributed by atoms with van der Waals surface area (Å²) in [6.07, 6.45) is -0.876. The zero-order valence-corrected chi connectivity index (χ0v) is 20.1. The van der Waals surface area contributed by atoms with Crippen LogP contribution in [0.15, 0.2) is 60.7 Å². The van der Waals surface area contributed by atoms with E-state index in [4.69, 9.17) is 21.1 Å². The van der Waals surface area contributed by atoms with Crippen LogP contribution in [0.3, 0.4) is 0 Å². The van der Waals surface area contributed by atoms with E-state index in [0.717, 1.165) is 11.3 Å². The number of esters is 1. The number of anilines is 1. The van der Waals surface area contributed by atoms with E-state index >= 15 is 0 Å². The average molecular weight is 508 g/mol. The fourth-order valence-corrected chi connectivity index (χ4v) is 3.73. The first-order chi connectivity index (χ1) is 17.3. The number of aromatic nitrogens is 2. The van der Waals surface area contributed by atoms with Gasteiger partial charge in [-0.25, -0.2) is 14.6 Å². The third-order valence-electron chi connectivity index (χ3n) is 5.46. The Balaban J connectivity index is 1.48. The highest BCUT2D eigenvalue weighted by Gasteiger charge is 2.23. The first kappa shape index (κ1) is 24.7. The van der Waals surface area contributed by atoms with Crippen LogP contribution < -0.4 is 10.1 Å². The maximum Gasteiger partial charge on any atom is 0.338 e. The summed E-state index contributed by atoms with van der Waals surface area (Å²) in [5.41, 5.74) is 2.47. The molecule has 184 valence electrons. The summed E-state index contributed by atoms with van der Waals surface area (Å²) in [4.78, 5) is 44.5. The van der Waals surface area contributed by atoms with Crippen LogP contribution in [0.2, 0.25) is 5.02 Å². The normalized spacial score (nSPS) is 11.6. The molecule has 0 saturated heterocycles. The van der Waals surface area contributed by atoms with Crippen LogP contribution in [-0.4, -0.2) is 46.1 Å². The summed E-state index contributed by atoms with van der Waals surface area (Å²) >= 11 is 5.87. The van der Waals surface area contributed by atoms with Crippen molar-refractivity contribution in [2.75, 3.05) is 12.4 Å². The third kappa shape index (κ3) is 5.31. The number of carbonyl (C=O) groups is 3. The number of methoxy groups -OCH3 is 1. The number of imidazole rings is 1. The van der Waals surface area contributed by atoms with Gasteiger partial charge in [0.05, 0.1) is 34.3 Å². The van der Waals surface area contributed by atoms with Gasteiger partial charge in [0.2, 0.25) is 0 Å². The fourth-order valence-electron chi connectivity index (χ4n) is 3.53. The van der Waals surface area contributed by atoms with Crippen molar-refractivity contribution in [1.29, 1.82) is 0 Å². The number of fused-ring (bicyclic) bond motifs is 1. The Labute approximate surface area is 211 Å². The van der Waals surface area contributed by atoms with Gasteiger partial charge in [0, 0.05) is 11.3 Å². The summed E-state index contributed by atoms with van der Waals surface area (Å²) in [6.45, 7) is 1.70. The van der Waals surface area contributed by atoms with Crippen molar-refractivity contribution >= 4 is 46.2 Å². The number of halogens is 1. The molecule has 0 saturated carbocycles. The van der Waals surface area contributed by atoms with Crippen molar-refractivity contribution in [1.82, 2.24) is 9.97 Å². The molecule has 1 aromatic heterocycles. The molecule has 0 aliphatic carbocycles. The lowest BCUT2D eigenvalue weighted by atomic mass is 10.1. The minimum absolute atomic E-state index is 0.0447. The highest BCUT2D eigenvalue weighted by Crippen LogP contribution is 2.24. The zero-order chi connectivity index (χ0) is 25.8. The van der Waals surface area contributed by atoms with Gasteiger partial charge < -0.3 is 24.9 Å². The van der Waals surface area contributed by atoms with Crippen LogP contribution >= 0.6 is 11.6 Å². The van der Waals surface area contributed by atoms with E-state index in [0.29, 0.717) is 16.9 Å². The molecule has 0 aliphatic heterocycles. The second-order valence-electron chi connectivity index (χ2n) is 7.84. The lowest BCUT2D eigenvalue weighted by Gasteiger charge is -2.16. The summed E-state index contributed by atoms with van der Waals surface area (Å²) in [5.74, 6) is -1.13. The Kier molecular flexibility index (Phi) is 7.21. The average Bonchev–Trinajstić information content (AvgIpc) is 3.31. The zero-order valence-electron chi connectivity index (χ0n) is 19.4. The Bertz CT molecular complexity index is 1450. The topological polar surface area (TPSA) is 131 Å². The Morgan fingerprint density at radius 1 is 1.08 bits per heavy atom. The van der Waals surface area contributed by atoms with Gasteiger partial charge in [-0.2, -0.15) is 0 Å². The van der Waals surface area contributed by atoms with Crippen molar-refractivity contribution in [2.24, 2.45) is 0 Å². The molecule has 0 radical (unpaired) electrons. The van der Waals surface area contributed by atoms with Crippen molar-refractivity contribution in [3.05, 3.63) is 76.8 Å². The predicted molar refractivity (Wildman–Crippen MR) is 135 cm³/mol. The number of benzene rings is 3. The molecule has 1 atom stereocenters. The molecule has 10 heteroatoms. The maximum absolute atomic E-state index is 12.8. The van der Waals surface area contributed by atoms with Crippen LogP contribution in [0.25, 0.3) is 22.4 Å². The SMILES string of the molecule is CCC(OC(=O)c1ccc2nc(-c3ccc(OC)cc3)[nH]c2c1)C(=O)Nc1ccc(Cl)c(C(=O)O)c1. The first-order valence-corrected chi connectivity index (χ1v) is 11.4. The number of amides is 1. The second-order valence-corrected chi connectivity index (χ2v) is 8.24. The molecule has 0 spiro atoms. The summed E-state index contributed by atoms with van der Waals surface area (Å²) < 4.78 is 10.6. The number of aromatic carboxylic acids is 1. The molecule has 0 aliphatic rings. The Morgan fingerprint density at radius 2 is 1.83 bits per heavy atom. The first-order valence-electron chi connectivity index (χ1n) is 11.0. The van der Waals surface area contributed by atoms with Crippen LogP contribution in [0, 0.1) is 0 Å². The number of hydrogen-bond donors (Lipinski definition) is 3. The van der Waals surface area contributed by atoms with Gasteiger partial charge in [0.15, 0.2) is 6.10 Å². The number of ether oxygens (including phenoxy) is 2. The lowest BCUT2D eigenvalue weighted by Crippen LogP contribution is -2.32. The number of hydrogen-bond acceptors (Lipinski definition) is 6. The summed E-state index contributed by atoms with van der Waals surface area (Å²) in [5, 5.41) is 11.8.